The molecule has 6 nitrogen and oxygen atoms in total. The SMILES string of the molecule is CC/C=C\C/C=C\C/C=C\C/C=C\C/C=C\C/C=C\C/C=C\C/C=C\CCCCC(=O)OCC(COC(=O)CCCCCCC/C=C\C/C=C\C/C=C\CC)OC(=O)CCCCCCCCCCCC/C=C\C/C=C\C/C=C\C/C=C\CC. The topological polar surface area (TPSA) is 78.9 Å². The molecule has 0 aromatic heterocycles. The van der Waals surface area contributed by atoms with Crippen LogP contribution in [0, 0.1) is 0 Å². The number of hydrogen-bond donors (Lipinski definition) is 0. The first-order valence-electron chi connectivity index (χ1n) is 33.3. The highest BCUT2D eigenvalue weighted by atomic mass is 16.6. The fourth-order valence-electron chi connectivity index (χ4n) is 8.52. The van der Waals surface area contributed by atoms with Crippen LogP contribution in [-0.4, -0.2) is 37.2 Å². The maximum absolute atomic E-state index is 12.9. The third-order valence-corrected chi connectivity index (χ3v) is 13.4. The van der Waals surface area contributed by atoms with E-state index >= 15 is 0 Å². The van der Waals surface area contributed by atoms with Gasteiger partial charge in [-0.2, -0.15) is 0 Å². The zero-order chi connectivity index (χ0) is 59.9. The Morgan fingerprint density at radius 1 is 0.241 bits per heavy atom. The summed E-state index contributed by atoms with van der Waals surface area (Å²) in [5.74, 6) is -0.981. The van der Waals surface area contributed by atoms with E-state index in [0.29, 0.717) is 19.3 Å². The lowest BCUT2D eigenvalue weighted by Crippen LogP contribution is -2.30. The van der Waals surface area contributed by atoms with Gasteiger partial charge in [-0.25, -0.2) is 0 Å². The van der Waals surface area contributed by atoms with E-state index in [4.69, 9.17) is 14.2 Å². The van der Waals surface area contributed by atoms with Crippen molar-refractivity contribution in [1.29, 1.82) is 0 Å². The highest BCUT2D eigenvalue weighted by Gasteiger charge is 2.19. The van der Waals surface area contributed by atoms with Crippen molar-refractivity contribution >= 4 is 17.9 Å². The Morgan fingerprint density at radius 3 is 0.699 bits per heavy atom. The van der Waals surface area contributed by atoms with Gasteiger partial charge in [-0.3, -0.25) is 14.4 Å². The number of unbranched alkanes of at least 4 members (excludes halogenated alkanes) is 17. The molecule has 0 spiro atoms. The van der Waals surface area contributed by atoms with Gasteiger partial charge in [0.05, 0.1) is 0 Å². The summed E-state index contributed by atoms with van der Waals surface area (Å²) in [7, 11) is 0. The normalized spacial score (nSPS) is 13.3. The standard InChI is InChI=1S/C77H120O6/c1-4-7-10-13-16-19-22-25-28-30-32-34-36-37-38-39-41-42-44-46-49-52-55-58-61-64-67-70-76(79)82-73-74(72-81-75(78)69-66-63-60-57-54-51-48-27-24-21-18-15-12-9-6-3)83-77(80)71-68-65-62-59-56-53-50-47-45-43-40-35-33-31-29-26-23-20-17-14-11-8-5-2/h7-12,16-21,25-29,32-35,37-38,41-42,46,48-49,55,58,74H,4-6,13-15,22-24,30-31,36,39-40,43-45,47,50-54,56-57,59-73H2,1-3H3/b10-7-,11-8-,12-9-,19-16-,20-17-,21-18-,28-25-,29-26-,34-32-,35-33-,38-37-,42-41-,48-27-,49-46-,58-55-. The Bertz CT molecular complexity index is 1940. The number of carbonyl (C=O) groups excluding carboxylic acids is 3. The third-order valence-electron chi connectivity index (χ3n) is 13.4. The molecule has 0 saturated heterocycles. The highest BCUT2D eigenvalue weighted by molar-refractivity contribution is 5.71. The molecule has 0 aromatic carbocycles. The maximum Gasteiger partial charge on any atom is 0.306 e. The smallest absolute Gasteiger partial charge is 0.306 e. The molecule has 6 heteroatoms. The van der Waals surface area contributed by atoms with Gasteiger partial charge in [0.1, 0.15) is 13.2 Å². The second-order valence-electron chi connectivity index (χ2n) is 21.2. The van der Waals surface area contributed by atoms with Crippen LogP contribution in [0.4, 0.5) is 0 Å². The minimum absolute atomic E-state index is 0.111. The summed E-state index contributed by atoms with van der Waals surface area (Å²) < 4.78 is 16.9. The molecular formula is C77H120O6. The van der Waals surface area contributed by atoms with Crippen LogP contribution in [0.5, 0.6) is 0 Å². The highest BCUT2D eigenvalue weighted by Crippen LogP contribution is 2.15. The number of allylic oxidation sites excluding steroid dienone is 30. The van der Waals surface area contributed by atoms with Crippen molar-refractivity contribution in [1.82, 2.24) is 0 Å². The predicted molar refractivity (Wildman–Crippen MR) is 361 cm³/mol. The molecule has 1 unspecified atom stereocenters. The molecular weight excluding hydrogens is 1020 g/mol. The number of ether oxygens (including phenoxy) is 3. The fourth-order valence-corrected chi connectivity index (χ4v) is 8.52. The average Bonchev–Trinajstić information content (AvgIpc) is 3.49. The summed E-state index contributed by atoms with van der Waals surface area (Å²) in [6.45, 7) is 6.24. The first-order chi connectivity index (χ1) is 41.0. The first kappa shape index (κ1) is 77.5. The molecule has 0 N–H and O–H groups in total. The van der Waals surface area contributed by atoms with E-state index in [9.17, 15) is 14.4 Å². The first-order valence-corrected chi connectivity index (χ1v) is 33.3. The summed E-state index contributed by atoms with van der Waals surface area (Å²) >= 11 is 0. The van der Waals surface area contributed by atoms with Crippen LogP contribution in [0.1, 0.15) is 265 Å². The monoisotopic (exact) mass is 1140 g/mol. The summed E-state index contributed by atoms with van der Waals surface area (Å²) in [5, 5.41) is 0. The van der Waals surface area contributed by atoms with Crippen molar-refractivity contribution in [3.05, 3.63) is 182 Å². The van der Waals surface area contributed by atoms with Crippen LogP contribution in [0.3, 0.4) is 0 Å². The molecule has 1 atom stereocenters. The Hall–Kier alpha value is -5.49. The van der Waals surface area contributed by atoms with Crippen LogP contribution in [0.2, 0.25) is 0 Å². The van der Waals surface area contributed by atoms with Crippen molar-refractivity contribution in [3.8, 4) is 0 Å². The molecule has 0 heterocycles. The van der Waals surface area contributed by atoms with Gasteiger partial charge in [0.25, 0.3) is 0 Å². The van der Waals surface area contributed by atoms with Gasteiger partial charge in [0.2, 0.25) is 0 Å². The molecule has 0 bridgehead atoms. The van der Waals surface area contributed by atoms with Gasteiger partial charge >= 0.3 is 17.9 Å². The summed E-state index contributed by atoms with van der Waals surface area (Å²) in [6, 6.07) is 0. The second-order valence-corrected chi connectivity index (χ2v) is 21.2. The summed E-state index contributed by atoms with van der Waals surface area (Å²) in [4.78, 5) is 38.4. The van der Waals surface area contributed by atoms with Crippen molar-refractivity contribution in [3.63, 3.8) is 0 Å². The van der Waals surface area contributed by atoms with Crippen molar-refractivity contribution < 1.29 is 28.6 Å². The fraction of sp³-hybridized carbons (Fsp3) is 0.571. The molecule has 0 radical (unpaired) electrons. The van der Waals surface area contributed by atoms with Crippen molar-refractivity contribution in [2.45, 2.75) is 271 Å². The largest absolute Gasteiger partial charge is 0.462 e. The Morgan fingerprint density at radius 2 is 0.434 bits per heavy atom. The molecule has 83 heavy (non-hydrogen) atoms. The van der Waals surface area contributed by atoms with Gasteiger partial charge in [-0.05, 0) is 154 Å². The molecule has 0 rings (SSSR count). The quantitative estimate of drug-likeness (QED) is 0.0261. The molecule has 464 valence electrons. The minimum Gasteiger partial charge on any atom is -0.462 e. The molecule has 0 saturated carbocycles. The maximum atomic E-state index is 12.9. The van der Waals surface area contributed by atoms with E-state index in [0.717, 1.165) is 167 Å². The molecule has 0 fully saturated rings. The van der Waals surface area contributed by atoms with Gasteiger partial charge in [-0.1, -0.05) is 274 Å². The van der Waals surface area contributed by atoms with E-state index in [-0.39, 0.29) is 37.5 Å². The second kappa shape index (κ2) is 69.0. The van der Waals surface area contributed by atoms with E-state index < -0.39 is 6.10 Å². The van der Waals surface area contributed by atoms with Gasteiger partial charge < -0.3 is 14.2 Å². The van der Waals surface area contributed by atoms with Crippen LogP contribution in [-0.2, 0) is 28.6 Å². The Labute approximate surface area is 510 Å². The van der Waals surface area contributed by atoms with E-state index in [2.05, 4.69) is 203 Å². The Kier molecular flexibility index (Phi) is 64.4. The van der Waals surface area contributed by atoms with Gasteiger partial charge in [-0.15, -0.1) is 0 Å². The van der Waals surface area contributed by atoms with Gasteiger partial charge in [0, 0.05) is 19.3 Å². The van der Waals surface area contributed by atoms with Gasteiger partial charge in [0.15, 0.2) is 6.10 Å². The lowest BCUT2D eigenvalue weighted by Gasteiger charge is -2.18. The minimum atomic E-state index is -0.818. The zero-order valence-corrected chi connectivity index (χ0v) is 53.1. The van der Waals surface area contributed by atoms with Crippen molar-refractivity contribution in [2.75, 3.05) is 13.2 Å². The molecule has 0 amide bonds. The Balaban J connectivity index is 4.50. The third kappa shape index (κ3) is 67.2. The van der Waals surface area contributed by atoms with Crippen LogP contribution >= 0.6 is 0 Å². The average molecular weight is 1140 g/mol. The van der Waals surface area contributed by atoms with Crippen LogP contribution < -0.4 is 0 Å². The van der Waals surface area contributed by atoms with E-state index in [1.807, 2.05) is 0 Å². The number of hydrogen-bond acceptors (Lipinski definition) is 6. The number of esters is 3. The number of rotatable bonds is 58. The molecule has 0 aliphatic heterocycles. The zero-order valence-electron chi connectivity index (χ0n) is 53.1. The van der Waals surface area contributed by atoms with E-state index in [1.54, 1.807) is 0 Å². The molecule has 0 aliphatic rings. The lowest BCUT2D eigenvalue weighted by atomic mass is 10.0. The predicted octanol–water partition coefficient (Wildman–Crippen LogP) is 23.2. The van der Waals surface area contributed by atoms with Crippen LogP contribution in [0.25, 0.3) is 0 Å². The van der Waals surface area contributed by atoms with E-state index in [1.165, 1.54) is 51.4 Å². The summed E-state index contributed by atoms with van der Waals surface area (Å²) in [6.07, 6.45) is 103. The molecule has 0 aromatic rings. The van der Waals surface area contributed by atoms with Crippen molar-refractivity contribution in [2.24, 2.45) is 0 Å². The summed E-state index contributed by atoms with van der Waals surface area (Å²) in [5.41, 5.74) is 0. The van der Waals surface area contributed by atoms with Crippen LogP contribution in [0.15, 0.2) is 182 Å². The number of carbonyl (C=O) groups is 3. The molecule has 0 aliphatic carbocycles. The lowest BCUT2D eigenvalue weighted by molar-refractivity contribution is -0.167.